The van der Waals surface area contributed by atoms with E-state index in [4.69, 9.17) is 23.2 Å². The standard InChI is InChI=1S/C18H17Cl2N3O3S3/c1-10-4-5-12(19)16-15(10)21-18(28-16)22-17(24)11-3-2-8-23(9-11)29(25,26)14-7-6-13(20)27-14/h4-7,11H,2-3,8-9H2,1H3,(H,21,22,24). The second-order valence-electron chi connectivity index (χ2n) is 6.81. The first-order valence-corrected chi connectivity index (χ1v) is 12.7. The van der Waals surface area contributed by atoms with Gasteiger partial charge in [-0.05, 0) is 43.5 Å². The van der Waals surface area contributed by atoms with Gasteiger partial charge in [0.1, 0.15) is 4.21 Å². The molecule has 1 atom stereocenters. The number of benzene rings is 1. The Bertz CT molecular complexity index is 1150. The minimum atomic E-state index is -3.66. The molecule has 154 valence electrons. The van der Waals surface area contributed by atoms with Gasteiger partial charge < -0.3 is 5.32 Å². The molecule has 2 aromatic heterocycles. The number of halogens is 2. The third-order valence-electron chi connectivity index (χ3n) is 4.83. The number of rotatable bonds is 4. The Morgan fingerprint density at radius 2 is 2.03 bits per heavy atom. The molecule has 3 heterocycles. The van der Waals surface area contributed by atoms with Gasteiger partial charge in [0.2, 0.25) is 5.91 Å². The maximum atomic E-state index is 12.8. The average molecular weight is 490 g/mol. The molecule has 0 spiro atoms. The lowest BCUT2D eigenvalue weighted by atomic mass is 9.99. The predicted octanol–water partition coefficient (Wildman–Crippen LogP) is 5.01. The van der Waals surface area contributed by atoms with Crippen LogP contribution in [0.5, 0.6) is 0 Å². The van der Waals surface area contributed by atoms with Gasteiger partial charge in [-0.15, -0.1) is 11.3 Å². The van der Waals surface area contributed by atoms with Gasteiger partial charge in [0, 0.05) is 13.1 Å². The highest BCUT2D eigenvalue weighted by molar-refractivity contribution is 7.91. The monoisotopic (exact) mass is 489 g/mol. The maximum absolute atomic E-state index is 12.8. The number of amides is 1. The number of carbonyl (C=O) groups is 1. The van der Waals surface area contributed by atoms with Gasteiger partial charge >= 0.3 is 0 Å². The van der Waals surface area contributed by atoms with Crippen LogP contribution >= 0.6 is 45.9 Å². The topological polar surface area (TPSA) is 79.4 Å². The molecule has 1 aliphatic rings. The second-order valence-corrected chi connectivity index (χ2v) is 12.1. The van der Waals surface area contributed by atoms with E-state index in [-0.39, 0.29) is 16.7 Å². The smallest absolute Gasteiger partial charge is 0.252 e. The number of sulfonamides is 1. The van der Waals surface area contributed by atoms with Gasteiger partial charge in [-0.1, -0.05) is 40.6 Å². The van der Waals surface area contributed by atoms with Gasteiger partial charge in [-0.2, -0.15) is 4.31 Å². The molecule has 1 aromatic carbocycles. The number of fused-ring (bicyclic) bond motifs is 1. The van der Waals surface area contributed by atoms with Crippen LogP contribution in [0.1, 0.15) is 18.4 Å². The van der Waals surface area contributed by atoms with Crippen molar-refractivity contribution in [3.05, 3.63) is 39.2 Å². The summed E-state index contributed by atoms with van der Waals surface area (Å²) in [5, 5.41) is 3.90. The largest absolute Gasteiger partial charge is 0.302 e. The molecule has 1 unspecified atom stereocenters. The van der Waals surface area contributed by atoms with Crippen LogP contribution in [-0.2, 0) is 14.8 Å². The summed E-state index contributed by atoms with van der Waals surface area (Å²) in [4.78, 5) is 17.3. The summed E-state index contributed by atoms with van der Waals surface area (Å²) in [6.45, 7) is 2.45. The normalized spacial score (nSPS) is 18.2. The predicted molar refractivity (Wildman–Crippen MR) is 119 cm³/mol. The third kappa shape index (κ3) is 4.17. The molecule has 1 fully saturated rings. The number of hydrogen-bond donors (Lipinski definition) is 1. The van der Waals surface area contributed by atoms with Crippen molar-refractivity contribution in [3.8, 4) is 0 Å². The summed E-state index contributed by atoms with van der Waals surface area (Å²) >= 11 is 14.5. The van der Waals surface area contributed by atoms with Crippen molar-refractivity contribution < 1.29 is 13.2 Å². The first-order valence-electron chi connectivity index (χ1n) is 8.87. The van der Waals surface area contributed by atoms with Crippen LogP contribution in [0, 0.1) is 12.8 Å². The summed E-state index contributed by atoms with van der Waals surface area (Å²) in [6.07, 6.45) is 1.23. The average Bonchev–Trinajstić information content (AvgIpc) is 3.32. The number of aromatic nitrogens is 1. The molecule has 0 aliphatic carbocycles. The van der Waals surface area contributed by atoms with Crippen molar-refractivity contribution in [3.63, 3.8) is 0 Å². The van der Waals surface area contributed by atoms with Crippen LogP contribution in [0.25, 0.3) is 10.2 Å². The summed E-state index contributed by atoms with van der Waals surface area (Å²) in [6, 6.07) is 6.76. The number of hydrogen-bond acceptors (Lipinski definition) is 6. The minimum absolute atomic E-state index is 0.133. The number of thiophene rings is 1. The number of carbonyl (C=O) groups excluding carboxylic acids is 1. The molecular formula is C18H17Cl2N3O3S3. The Balaban J connectivity index is 1.51. The molecule has 11 heteroatoms. The third-order valence-corrected chi connectivity index (χ3v) is 9.82. The highest BCUT2D eigenvalue weighted by atomic mass is 35.5. The molecule has 29 heavy (non-hydrogen) atoms. The van der Waals surface area contributed by atoms with E-state index >= 15 is 0 Å². The van der Waals surface area contributed by atoms with Crippen LogP contribution in [-0.4, -0.2) is 36.7 Å². The van der Waals surface area contributed by atoms with Gasteiger partial charge in [0.05, 0.1) is 25.5 Å². The summed E-state index contributed by atoms with van der Waals surface area (Å²) < 4.78 is 28.5. The SMILES string of the molecule is Cc1ccc(Cl)c2sc(NC(=O)C3CCCN(S(=O)(=O)c4ccc(Cl)s4)C3)nc12. The molecule has 6 nitrogen and oxygen atoms in total. The van der Waals surface area contributed by atoms with Crippen molar-refractivity contribution in [2.75, 3.05) is 18.4 Å². The zero-order chi connectivity index (χ0) is 20.8. The fourth-order valence-electron chi connectivity index (χ4n) is 3.30. The van der Waals surface area contributed by atoms with Gasteiger partial charge in [0.15, 0.2) is 5.13 Å². The maximum Gasteiger partial charge on any atom is 0.252 e. The molecule has 1 aliphatic heterocycles. The van der Waals surface area contributed by atoms with E-state index in [0.717, 1.165) is 27.1 Å². The Labute approximate surface area is 186 Å². The van der Waals surface area contributed by atoms with E-state index in [9.17, 15) is 13.2 Å². The van der Waals surface area contributed by atoms with Crippen molar-refractivity contribution in [1.29, 1.82) is 0 Å². The molecule has 1 amide bonds. The van der Waals surface area contributed by atoms with E-state index in [1.54, 1.807) is 6.07 Å². The number of nitrogens with zero attached hydrogens (tertiary/aromatic N) is 2. The molecule has 3 aromatic rings. The summed E-state index contributed by atoms with van der Waals surface area (Å²) in [5.41, 5.74) is 1.74. The quantitative estimate of drug-likeness (QED) is 0.558. The summed E-state index contributed by atoms with van der Waals surface area (Å²) in [7, 11) is -3.66. The van der Waals surface area contributed by atoms with E-state index in [2.05, 4.69) is 10.3 Å². The molecule has 0 bridgehead atoms. The highest BCUT2D eigenvalue weighted by Gasteiger charge is 2.34. The van der Waals surface area contributed by atoms with Crippen LogP contribution in [0.3, 0.4) is 0 Å². The zero-order valence-electron chi connectivity index (χ0n) is 15.3. The van der Waals surface area contributed by atoms with E-state index in [1.165, 1.54) is 21.7 Å². The van der Waals surface area contributed by atoms with Gasteiger partial charge in [0.25, 0.3) is 10.0 Å². The lowest BCUT2D eigenvalue weighted by molar-refractivity contribution is -0.120. The second kappa shape index (κ2) is 8.13. The van der Waals surface area contributed by atoms with E-state index in [0.29, 0.717) is 33.9 Å². The fraction of sp³-hybridized carbons (Fsp3) is 0.333. The van der Waals surface area contributed by atoms with Crippen LogP contribution in [0.15, 0.2) is 28.5 Å². The van der Waals surface area contributed by atoms with Crippen molar-refractivity contribution in [2.45, 2.75) is 24.0 Å². The molecule has 0 radical (unpaired) electrons. The van der Waals surface area contributed by atoms with E-state index < -0.39 is 15.9 Å². The molecule has 1 N–H and O–H groups in total. The number of anilines is 1. The number of aryl methyl sites for hydroxylation is 1. The first kappa shape index (κ1) is 21.0. The van der Waals surface area contributed by atoms with E-state index in [1.807, 2.05) is 19.1 Å². The Morgan fingerprint density at radius 1 is 1.24 bits per heavy atom. The Morgan fingerprint density at radius 3 is 2.72 bits per heavy atom. The van der Waals surface area contributed by atoms with Gasteiger partial charge in [-0.25, -0.2) is 13.4 Å². The van der Waals surface area contributed by atoms with Gasteiger partial charge in [-0.3, -0.25) is 4.79 Å². The highest BCUT2D eigenvalue weighted by Crippen LogP contribution is 2.35. The summed E-state index contributed by atoms with van der Waals surface area (Å²) in [5.74, 6) is -0.681. The molecule has 0 saturated carbocycles. The Hall–Kier alpha value is -1.23. The fourth-order valence-corrected chi connectivity index (χ4v) is 7.68. The van der Waals surface area contributed by atoms with Crippen molar-refractivity contribution in [2.24, 2.45) is 5.92 Å². The van der Waals surface area contributed by atoms with Crippen LogP contribution in [0.2, 0.25) is 9.36 Å². The molecular weight excluding hydrogens is 473 g/mol. The lowest BCUT2D eigenvalue weighted by Gasteiger charge is -2.30. The zero-order valence-corrected chi connectivity index (χ0v) is 19.3. The van der Waals surface area contributed by atoms with Crippen LogP contribution < -0.4 is 5.32 Å². The Kier molecular flexibility index (Phi) is 5.89. The molecule has 4 rings (SSSR count). The van der Waals surface area contributed by atoms with Crippen LogP contribution in [0.4, 0.5) is 5.13 Å². The van der Waals surface area contributed by atoms with Crippen molar-refractivity contribution in [1.82, 2.24) is 9.29 Å². The molecule has 1 saturated heterocycles. The minimum Gasteiger partial charge on any atom is -0.302 e. The first-order chi connectivity index (χ1) is 13.8. The lowest BCUT2D eigenvalue weighted by Crippen LogP contribution is -2.43. The number of piperidine rings is 1. The number of nitrogens with one attached hydrogen (secondary N) is 1. The van der Waals surface area contributed by atoms with Crippen molar-refractivity contribution >= 4 is 77.2 Å². The number of thiazole rings is 1.